The molecule has 10 heteroatoms. The Morgan fingerprint density at radius 3 is 2.17 bits per heavy atom. The van der Waals surface area contributed by atoms with Gasteiger partial charge in [-0.15, -0.1) is 0 Å². The van der Waals surface area contributed by atoms with Gasteiger partial charge >= 0.3 is 6.09 Å². The zero-order chi connectivity index (χ0) is 26.3. The van der Waals surface area contributed by atoms with Crippen LogP contribution < -0.4 is 10.6 Å². The molecule has 0 radical (unpaired) electrons. The fraction of sp³-hybridized carbons (Fsp3) is 0.577. The van der Waals surface area contributed by atoms with Gasteiger partial charge in [0.1, 0.15) is 5.60 Å². The lowest BCUT2D eigenvalue weighted by atomic mass is 9.96. The van der Waals surface area contributed by atoms with Crippen LogP contribution >= 0.6 is 0 Å². The van der Waals surface area contributed by atoms with Crippen molar-refractivity contribution in [3.05, 3.63) is 35.4 Å². The van der Waals surface area contributed by atoms with Crippen molar-refractivity contribution >= 4 is 29.7 Å². The molecule has 0 aliphatic carbocycles. The first-order chi connectivity index (χ1) is 17.0. The fourth-order valence-corrected chi connectivity index (χ4v) is 4.31. The molecule has 0 spiro atoms. The molecule has 0 aromatic heterocycles. The number of amides is 5. The molecule has 2 heterocycles. The number of ether oxygens (including phenoxy) is 1. The highest BCUT2D eigenvalue weighted by Crippen LogP contribution is 2.23. The molecule has 10 nitrogen and oxygen atoms in total. The minimum absolute atomic E-state index is 0.0160. The van der Waals surface area contributed by atoms with E-state index in [1.54, 1.807) is 45.0 Å². The van der Waals surface area contributed by atoms with Crippen molar-refractivity contribution in [3.8, 4) is 0 Å². The van der Waals surface area contributed by atoms with Crippen LogP contribution in [0.15, 0.2) is 24.3 Å². The van der Waals surface area contributed by atoms with Crippen LogP contribution in [0.2, 0.25) is 0 Å². The lowest BCUT2D eigenvalue weighted by molar-refractivity contribution is -0.133. The van der Waals surface area contributed by atoms with Crippen LogP contribution in [0.4, 0.5) is 4.79 Å². The van der Waals surface area contributed by atoms with Crippen LogP contribution in [0.3, 0.4) is 0 Å². The summed E-state index contributed by atoms with van der Waals surface area (Å²) in [6.45, 7) is 7.52. The highest BCUT2D eigenvalue weighted by Gasteiger charge is 2.34. The Kier molecular flexibility index (Phi) is 9.06. The van der Waals surface area contributed by atoms with E-state index in [1.165, 1.54) is 4.90 Å². The summed E-state index contributed by atoms with van der Waals surface area (Å²) in [6, 6.07) is 6.76. The van der Waals surface area contributed by atoms with E-state index in [9.17, 15) is 24.0 Å². The molecule has 5 amide bonds. The molecular weight excluding hydrogens is 464 g/mol. The number of nitrogens with zero attached hydrogens (tertiary/aromatic N) is 2. The number of piperidine rings is 1. The molecule has 2 aliphatic heterocycles. The van der Waals surface area contributed by atoms with Crippen LogP contribution in [-0.2, 0) is 14.3 Å². The van der Waals surface area contributed by atoms with Gasteiger partial charge < -0.3 is 20.3 Å². The first kappa shape index (κ1) is 27.2. The number of nitrogens with one attached hydrogen (secondary N) is 2. The van der Waals surface area contributed by atoms with Crippen LogP contribution in [0.5, 0.6) is 0 Å². The Hall–Kier alpha value is -3.43. The van der Waals surface area contributed by atoms with Crippen LogP contribution in [0.25, 0.3) is 0 Å². The van der Waals surface area contributed by atoms with Gasteiger partial charge in [-0.05, 0) is 58.1 Å². The van der Waals surface area contributed by atoms with E-state index in [1.807, 2.05) is 4.90 Å². The maximum absolute atomic E-state index is 12.6. The second-order valence-corrected chi connectivity index (χ2v) is 10.2. The third kappa shape index (κ3) is 7.53. The van der Waals surface area contributed by atoms with Gasteiger partial charge in [0.15, 0.2) is 0 Å². The summed E-state index contributed by atoms with van der Waals surface area (Å²) in [6.07, 6.45) is 1.91. The summed E-state index contributed by atoms with van der Waals surface area (Å²) in [4.78, 5) is 64.1. The van der Waals surface area contributed by atoms with Gasteiger partial charge in [-0.25, -0.2) is 4.79 Å². The number of alkyl carbamates (subject to hydrolysis) is 1. The molecule has 1 fully saturated rings. The minimum Gasteiger partial charge on any atom is -0.444 e. The predicted molar refractivity (Wildman–Crippen MR) is 132 cm³/mol. The molecule has 2 N–H and O–H groups in total. The number of hydrogen-bond donors (Lipinski definition) is 2. The van der Waals surface area contributed by atoms with Crippen molar-refractivity contribution in [2.24, 2.45) is 5.92 Å². The molecular formula is C26H36N4O6. The average molecular weight is 501 g/mol. The molecule has 1 aromatic rings. The number of imide groups is 1. The van der Waals surface area contributed by atoms with E-state index in [4.69, 9.17) is 4.74 Å². The number of fused-ring (bicyclic) bond motifs is 1. The highest BCUT2D eigenvalue weighted by molar-refractivity contribution is 6.21. The topological polar surface area (TPSA) is 125 Å². The predicted octanol–water partition coefficient (Wildman–Crippen LogP) is 2.33. The Balaban J connectivity index is 1.28. The zero-order valence-corrected chi connectivity index (χ0v) is 21.3. The Morgan fingerprint density at radius 2 is 1.58 bits per heavy atom. The Labute approximate surface area is 211 Å². The molecule has 0 atom stereocenters. The van der Waals surface area contributed by atoms with E-state index in [0.29, 0.717) is 37.2 Å². The van der Waals surface area contributed by atoms with E-state index >= 15 is 0 Å². The Bertz CT molecular complexity index is 959. The number of likely N-dealkylation sites (tertiary alicyclic amines) is 1. The van der Waals surface area contributed by atoms with Crippen molar-refractivity contribution in [3.63, 3.8) is 0 Å². The first-order valence-corrected chi connectivity index (χ1v) is 12.5. The SMILES string of the molecule is CC(C)(C)OC(=O)NCCC(=O)NCC1CCN(C(=O)CCCN2C(=O)c3ccccc3C2=O)CC1. The smallest absolute Gasteiger partial charge is 0.407 e. The number of benzene rings is 1. The quantitative estimate of drug-likeness (QED) is 0.502. The number of rotatable bonds is 9. The number of carbonyl (C=O) groups excluding carboxylic acids is 5. The number of carbonyl (C=O) groups is 5. The zero-order valence-electron chi connectivity index (χ0n) is 21.3. The van der Waals surface area contributed by atoms with E-state index in [0.717, 1.165) is 12.8 Å². The molecule has 2 aliphatic rings. The average Bonchev–Trinajstić information content (AvgIpc) is 3.07. The molecule has 0 saturated carbocycles. The fourth-order valence-electron chi connectivity index (χ4n) is 4.31. The van der Waals surface area contributed by atoms with Crippen LogP contribution in [-0.4, -0.2) is 77.8 Å². The van der Waals surface area contributed by atoms with Gasteiger partial charge in [0, 0.05) is 45.6 Å². The molecule has 1 aromatic carbocycles. The summed E-state index contributed by atoms with van der Waals surface area (Å²) in [7, 11) is 0. The minimum atomic E-state index is -0.582. The number of hydrogen-bond acceptors (Lipinski definition) is 6. The van der Waals surface area contributed by atoms with Crippen molar-refractivity contribution in [2.75, 3.05) is 32.7 Å². The summed E-state index contributed by atoms with van der Waals surface area (Å²) in [5.41, 5.74) is 0.255. The third-order valence-electron chi connectivity index (χ3n) is 6.23. The second kappa shape index (κ2) is 12.0. The van der Waals surface area contributed by atoms with Crippen LogP contribution in [0.1, 0.15) is 73.6 Å². The van der Waals surface area contributed by atoms with Crippen molar-refractivity contribution < 1.29 is 28.7 Å². The van der Waals surface area contributed by atoms with Gasteiger partial charge in [-0.1, -0.05) is 12.1 Å². The summed E-state index contributed by atoms with van der Waals surface area (Å²) >= 11 is 0. The van der Waals surface area contributed by atoms with Crippen molar-refractivity contribution in [1.29, 1.82) is 0 Å². The molecule has 0 bridgehead atoms. The normalized spacial score (nSPS) is 16.1. The summed E-state index contributed by atoms with van der Waals surface area (Å²) < 4.78 is 5.13. The van der Waals surface area contributed by atoms with Crippen LogP contribution in [0, 0.1) is 5.92 Å². The standard InChI is InChI=1S/C26H36N4O6/c1-26(2,3)36-25(35)27-13-10-21(31)28-17-18-11-15-29(16-12-18)22(32)9-6-14-30-23(33)19-7-4-5-8-20(19)24(30)34/h4-5,7-8,18H,6,9-17H2,1-3H3,(H,27,35)(H,28,31). The largest absolute Gasteiger partial charge is 0.444 e. The molecule has 36 heavy (non-hydrogen) atoms. The summed E-state index contributed by atoms with van der Waals surface area (Å²) in [5, 5.41) is 5.46. The van der Waals surface area contributed by atoms with Gasteiger partial charge in [-0.3, -0.25) is 24.1 Å². The summed E-state index contributed by atoms with van der Waals surface area (Å²) in [5.74, 6) is -0.437. The maximum atomic E-state index is 12.6. The van der Waals surface area contributed by atoms with Crippen molar-refractivity contribution in [1.82, 2.24) is 20.4 Å². The monoisotopic (exact) mass is 500 g/mol. The first-order valence-electron chi connectivity index (χ1n) is 12.5. The third-order valence-corrected chi connectivity index (χ3v) is 6.23. The van der Waals surface area contributed by atoms with Crippen molar-refractivity contribution in [2.45, 2.75) is 58.5 Å². The van der Waals surface area contributed by atoms with Gasteiger partial charge in [0.05, 0.1) is 11.1 Å². The lowest BCUT2D eigenvalue weighted by Gasteiger charge is -2.32. The highest BCUT2D eigenvalue weighted by atomic mass is 16.6. The van der Waals surface area contributed by atoms with E-state index in [-0.39, 0.29) is 55.5 Å². The molecule has 1 saturated heterocycles. The van der Waals surface area contributed by atoms with Gasteiger partial charge in [0.25, 0.3) is 11.8 Å². The van der Waals surface area contributed by atoms with Gasteiger partial charge in [-0.2, -0.15) is 0 Å². The lowest BCUT2D eigenvalue weighted by Crippen LogP contribution is -2.42. The molecule has 3 rings (SSSR count). The van der Waals surface area contributed by atoms with Gasteiger partial charge in [0.2, 0.25) is 11.8 Å². The maximum Gasteiger partial charge on any atom is 0.407 e. The second-order valence-electron chi connectivity index (χ2n) is 10.2. The molecule has 196 valence electrons. The Morgan fingerprint density at radius 1 is 0.972 bits per heavy atom. The van der Waals surface area contributed by atoms with E-state index < -0.39 is 11.7 Å². The van der Waals surface area contributed by atoms with E-state index in [2.05, 4.69) is 10.6 Å². The molecule has 0 unspecified atom stereocenters.